The predicted octanol–water partition coefficient (Wildman–Crippen LogP) is 0.566. The quantitative estimate of drug-likeness (QED) is 0.579. The van der Waals surface area contributed by atoms with Crippen LogP contribution in [-0.4, -0.2) is 20.0 Å². The van der Waals surface area contributed by atoms with Crippen molar-refractivity contribution in [3.8, 4) is 0 Å². The van der Waals surface area contributed by atoms with Gasteiger partial charge < -0.3 is 9.79 Å². The molecular weight excluding hydrogens is 194 g/mol. The van der Waals surface area contributed by atoms with E-state index in [-0.39, 0.29) is 0 Å². The molecule has 1 unspecified atom stereocenters. The Balaban J connectivity index is 4.48. The van der Waals surface area contributed by atoms with Crippen LogP contribution in [0, 0.1) is 0 Å². The molecule has 8 heteroatoms. The summed E-state index contributed by atoms with van der Waals surface area (Å²) in [6.45, 7) is 2.08. The van der Waals surface area contributed by atoms with E-state index in [4.69, 9.17) is 14.7 Å². The Labute approximate surface area is 64.3 Å². The highest BCUT2D eigenvalue weighted by atomic mass is 31.2. The van der Waals surface area contributed by atoms with Gasteiger partial charge in [-0.25, -0.2) is 0 Å². The summed E-state index contributed by atoms with van der Waals surface area (Å²) in [6.07, 6.45) is 0. The van der Waals surface area contributed by atoms with Crippen LogP contribution in [0.25, 0.3) is 0 Å². The topological polar surface area (TPSA) is 104 Å². The molecule has 0 aliphatic heterocycles. The molecule has 0 spiro atoms. The monoisotopic (exact) mass is 203 g/mol. The molecule has 0 aromatic carbocycles. The Kier molecular flexibility index (Phi) is 3.32. The van der Waals surface area contributed by atoms with Crippen LogP contribution >= 0.6 is 15.9 Å². The van der Waals surface area contributed by atoms with Crippen LogP contribution in [0.5, 0.6) is 0 Å². The Morgan fingerprint density at radius 1 is 1.45 bits per heavy atom. The van der Waals surface area contributed by atoms with Crippen LogP contribution in [0.15, 0.2) is 0 Å². The second-order valence-electron chi connectivity index (χ2n) is 2.32. The first-order valence-corrected chi connectivity index (χ1v) is 5.32. The Bertz CT molecular complexity index is 204. The van der Waals surface area contributed by atoms with Crippen LogP contribution in [-0.2, 0) is 13.7 Å². The largest absolute Gasteiger partial charge is 0.695 e. The van der Waals surface area contributed by atoms with Gasteiger partial charge in [0.1, 0.15) is 0 Å². The summed E-state index contributed by atoms with van der Waals surface area (Å²) in [5, 5.41) is -1.91. The normalized spacial score (nSPS) is 14.8. The molecule has 0 aliphatic rings. The van der Waals surface area contributed by atoms with Gasteiger partial charge in [0.25, 0.3) is 0 Å². The number of rotatable bonds is 3. The van der Waals surface area contributed by atoms with Crippen LogP contribution in [0.3, 0.4) is 0 Å². The summed E-state index contributed by atoms with van der Waals surface area (Å²) in [5.41, 5.74) is 0. The highest BCUT2D eigenvalue weighted by molar-refractivity contribution is 7.53. The molecule has 1 atom stereocenters. The molecule has 0 aromatic rings. The van der Waals surface area contributed by atoms with Gasteiger partial charge in [0.05, 0.1) is 0 Å². The molecule has 0 aromatic heterocycles. The summed E-state index contributed by atoms with van der Waals surface area (Å²) < 4.78 is 24.7. The van der Waals surface area contributed by atoms with Gasteiger partial charge in [0.2, 0.25) is 5.34 Å². The molecule has 0 aliphatic carbocycles. The zero-order valence-corrected chi connectivity index (χ0v) is 7.75. The van der Waals surface area contributed by atoms with Gasteiger partial charge in [-0.3, -0.25) is 4.57 Å². The van der Waals surface area contributed by atoms with E-state index in [0.717, 1.165) is 13.8 Å². The third kappa shape index (κ3) is 3.38. The highest BCUT2D eigenvalue weighted by Gasteiger charge is 2.46. The maximum Gasteiger partial charge on any atom is 0.695 e. The van der Waals surface area contributed by atoms with Crippen LogP contribution in [0.1, 0.15) is 13.8 Å². The van der Waals surface area contributed by atoms with Gasteiger partial charge in [-0.2, -0.15) is 0 Å². The van der Waals surface area contributed by atoms with E-state index in [0.29, 0.717) is 0 Å². The van der Waals surface area contributed by atoms with Crippen molar-refractivity contribution in [3.05, 3.63) is 0 Å². The average Bonchev–Trinajstić information content (AvgIpc) is 1.56. The summed E-state index contributed by atoms with van der Waals surface area (Å²) in [6, 6.07) is 0. The lowest BCUT2D eigenvalue weighted by Crippen LogP contribution is -2.20. The van der Waals surface area contributed by atoms with E-state index in [1.54, 1.807) is 0 Å². The van der Waals surface area contributed by atoms with Gasteiger partial charge in [-0.1, -0.05) is 0 Å². The fourth-order valence-electron chi connectivity index (χ4n) is 0.244. The van der Waals surface area contributed by atoms with Gasteiger partial charge in [0.15, 0.2) is 0 Å². The van der Waals surface area contributed by atoms with Crippen molar-refractivity contribution < 1.29 is 28.3 Å². The van der Waals surface area contributed by atoms with Crippen LogP contribution < -0.4 is 0 Å². The minimum atomic E-state index is -4.49. The lowest BCUT2D eigenvalue weighted by Gasteiger charge is -2.17. The molecule has 3 N–H and O–H groups in total. The number of hydrogen-bond donors (Lipinski definition) is 3. The molecule has 0 bridgehead atoms. The lowest BCUT2D eigenvalue weighted by molar-refractivity contribution is 0.143. The van der Waals surface area contributed by atoms with Crippen molar-refractivity contribution in [2.24, 2.45) is 0 Å². The van der Waals surface area contributed by atoms with Crippen molar-refractivity contribution in [2.45, 2.75) is 19.2 Å². The minimum absolute atomic E-state index is 1.04. The molecule has 0 fully saturated rings. The van der Waals surface area contributed by atoms with Crippen molar-refractivity contribution in [1.82, 2.24) is 0 Å². The minimum Gasteiger partial charge on any atom is -0.322 e. The maximum absolute atomic E-state index is 10.5. The van der Waals surface area contributed by atoms with E-state index < -0.39 is 21.2 Å². The smallest absolute Gasteiger partial charge is 0.322 e. The van der Waals surface area contributed by atoms with Gasteiger partial charge in [-0.05, 0) is 13.8 Å². The molecule has 0 saturated heterocycles. The van der Waals surface area contributed by atoms with E-state index >= 15 is 0 Å². The lowest BCUT2D eigenvalue weighted by atomic mass is 10.5. The second kappa shape index (κ2) is 3.27. The molecule has 0 saturated carbocycles. The zero-order valence-electron chi connectivity index (χ0n) is 5.96. The Morgan fingerprint density at radius 2 is 1.82 bits per heavy atom. The standard InChI is InChI=1S/C3H8O6P2/c1-3(2,9-10(4)5)11(6,7)8/h1-2H3,(H2-,4,5,6,7,8)/p+1. The Hall–Kier alpha value is 0.170. The summed E-state index contributed by atoms with van der Waals surface area (Å²) >= 11 is 0. The summed E-state index contributed by atoms with van der Waals surface area (Å²) in [5.74, 6) is 0. The van der Waals surface area contributed by atoms with Gasteiger partial charge in [0, 0.05) is 4.57 Å². The molecule has 11 heavy (non-hydrogen) atoms. The van der Waals surface area contributed by atoms with Gasteiger partial charge >= 0.3 is 15.9 Å². The first-order chi connectivity index (χ1) is 4.67. The molecular formula is C3H9O6P2+. The van der Waals surface area contributed by atoms with Crippen molar-refractivity contribution in [1.29, 1.82) is 0 Å². The van der Waals surface area contributed by atoms with E-state index in [9.17, 15) is 9.13 Å². The molecule has 6 nitrogen and oxygen atoms in total. The van der Waals surface area contributed by atoms with Crippen molar-refractivity contribution >= 4 is 15.9 Å². The van der Waals surface area contributed by atoms with Gasteiger partial charge in [-0.15, -0.1) is 9.42 Å². The summed E-state index contributed by atoms with van der Waals surface area (Å²) in [4.78, 5) is 25.3. The fourth-order valence-corrected chi connectivity index (χ4v) is 1.26. The van der Waals surface area contributed by atoms with E-state index in [1.807, 2.05) is 0 Å². The zero-order chi connectivity index (χ0) is 9.28. The molecule has 0 radical (unpaired) electrons. The van der Waals surface area contributed by atoms with E-state index in [1.165, 1.54) is 0 Å². The Morgan fingerprint density at radius 3 is 1.91 bits per heavy atom. The highest BCUT2D eigenvalue weighted by Crippen LogP contribution is 2.53. The van der Waals surface area contributed by atoms with Crippen molar-refractivity contribution in [2.75, 3.05) is 0 Å². The molecule has 0 heterocycles. The number of hydrogen-bond acceptors (Lipinski definition) is 3. The molecule has 0 rings (SSSR count). The first kappa shape index (κ1) is 11.2. The predicted molar refractivity (Wildman–Crippen MR) is 37.0 cm³/mol. The fraction of sp³-hybridized carbons (Fsp3) is 1.00. The van der Waals surface area contributed by atoms with Crippen LogP contribution in [0.2, 0.25) is 0 Å². The average molecular weight is 203 g/mol. The molecule has 0 amide bonds. The SMILES string of the molecule is CC(C)(O[P+](=O)O)P(=O)(O)O. The van der Waals surface area contributed by atoms with E-state index in [2.05, 4.69) is 4.52 Å². The third-order valence-electron chi connectivity index (χ3n) is 1.00. The van der Waals surface area contributed by atoms with Crippen LogP contribution in [0.4, 0.5) is 0 Å². The third-order valence-corrected chi connectivity index (χ3v) is 3.25. The first-order valence-electron chi connectivity index (χ1n) is 2.58. The maximum atomic E-state index is 10.5. The van der Waals surface area contributed by atoms with Crippen molar-refractivity contribution in [3.63, 3.8) is 0 Å². The second-order valence-corrected chi connectivity index (χ2v) is 5.14. The summed E-state index contributed by atoms with van der Waals surface area (Å²) in [7, 11) is -7.48. The molecule has 66 valence electrons.